The number of hydrogen-bond acceptors (Lipinski definition) is 2. The van der Waals surface area contributed by atoms with Gasteiger partial charge in [0, 0.05) is 38.5 Å². The summed E-state index contributed by atoms with van der Waals surface area (Å²) in [5.74, 6) is 0.579. The van der Waals surface area contributed by atoms with Crippen molar-refractivity contribution in [2.45, 2.75) is 6.92 Å². The van der Waals surface area contributed by atoms with Crippen molar-refractivity contribution in [2.24, 2.45) is 9.98 Å². The van der Waals surface area contributed by atoms with Crippen LogP contribution >= 0.6 is 0 Å². The molecular formula is C53H37N3O. The van der Waals surface area contributed by atoms with Crippen LogP contribution in [-0.2, 0) is 0 Å². The molecule has 4 nitrogen and oxygen atoms in total. The minimum Gasteiger partial charge on any atom is -0.456 e. The molecule has 57 heavy (non-hydrogen) atoms. The van der Waals surface area contributed by atoms with Gasteiger partial charge >= 0.3 is 0 Å². The lowest BCUT2D eigenvalue weighted by atomic mass is 9.96. The van der Waals surface area contributed by atoms with Crippen LogP contribution in [0.1, 0.15) is 23.6 Å². The van der Waals surface area contributed by atoms with E-state index < -0.39 is 0 Å². The number of benzene rings is 8. The summed E-state index contributed by atoms with van der Waals surface area (Å²) in [6, 6.07) is 67.6. The van der Waals surface area contributed by atoms with Crippen molar-refractivity contribution in [2.75, 3.05) is 0 Å². The van der Waals surface area contributed by atoms with Crippen LogP contribution in [0.5, 0.6) is 0 Å². The number of aromatic nitrogens is 1. The van der Waals surface area contributed by atoms with E-state index in [1.54, 1.807) is 0 Å². The highest BCUT2D eigenvalue weighted by molar-refractivity contribution is 6.22. The Labute approximate surface area is 331 Å². The van der Waals surface area contributed by atoms with E-state index in [-0.39, 0.29) is 0 Å². The number of rotatable bonds is 7. The van der Waals surface area contributed by atoms with Crippen LogP contribution in [0, 0.1) is 0 Å². The van der Waals surface area contributed by atoms with Gasteiger partial charge in [-0.2, -0.15) is 0 Å². The summed E-state index contributed by atoms with van der Waals surface area (Å²) in [5.41, 5.74) is 14.0. The third kappa shape index (κ3) is 6.24. The van der Waals surface area contributed by atoms with Gasteiger partial charge in [0.2, 0.25) is 0 Å². The summed E-state index contributed by atoms with van der Waals surface area (Å²) in [6.07, 6.45) is 0. The molecule has 0 amide bonds. The Hall–Kier alpha value is -7.56. The molecule has 0 unspecified atom stereocenters. The monoisotopic (exact) mass is 731 g/mol. The van der Waals surface area contributed by atoms with Crippen LogP contribution in [0.2, 0.25) is 0 Å². The number of fused-ring (bicyclic) bond motifs is 6. The number of amidine groups is 1. The third-order valence-electron chi connectivity index (χ3n) is 10.8. The maximum absolute atomic E-state index is 6.49. The minimum atomic E-state index is 0.579. The molecule has 0 saturated heterocycles. The molecule has 0 radical (unpaired) electrons. The van der Waals surface area contributed by atoms with Gasteiger partial charge in [0.25, 0.3) is 0 Å². The average Bonchev–Trinajstić information content (AvgIpc) is 3.82. The Bertz CT molecular complexity index is 3190. The third-order valence-corrected chi connectivity index (χ3v) is 10.8. The molecule has 10 aromatic rings. The highest BCUT2D eigenvalue weighted by Gasteiger charge is 2.18. The van der Waals surface area contributed by atoms with Crippen molar-refractivity contribution in [1.29, 1.82) is 0 Å². The second-order valence-electron chi connectivity index (χ2n) is 14.3. The highest BCUT2D eigenvalue weighted by atomic mass is 16.3. The highest BCUT2D eigenvalue weighted by Crippen LogP contribution is 2.38. The summed E-state index contributed by atoms with van der Waals surface area (Å²) in [5, 5.41) is 4.44. The Morgan fingerprint density at radius 2 is 1.07 bits per heavy atom. The van der Waals surface area contributed by atoms with Crippen molar-refractivity contribution >= 4 is 61.0 Å². The fraction of sp³-hybridized carbons (Fsp3) is 0.0189. The zero-order valence-corrected chi connectivity index (χ0v) is 31.4. The van der Waals surface area contributed by atoms with Crippen molar-refractivity contribution in [3.05, 3.63) is 217 Å². The Morgan fingerprint density at radius 3 is 1.82 bits per heavy atom. The molecule has 0 atom stereocenters. The SMILES string of the molecule is C=C(N=C(N=C(C)c1ccccc1)c1cccc2oc3ccc(-c4cccc(-c5ccc6c(c5)c5ccccc5n6-c5ccccc5)c4)cc3c12)c1ccccc1. The van der Waals surface area contributed by atoms with Crippen molar-refractivity contribution in [3.8, 4) is 27.9 Å². The van der Waals surface area contributed by atoms with E-state index in [0.29, 0.717) is 11.5 Å². The first-order valence-electron chi connectivity index (χ1n) is 19.2. The summed E-state index contributed by atoms with van der Waals surface area (Å²) in [4.78, 5) is 10.3. The Morgan fingerprint density at radius 1 is 0.474 bits per heavy atom. The molecule has 0 bridgehead atoms. The molecule has 270 valence electrons. The average molecular weight is 732 g/mol. The number of furan rings is 1. The smallest absolute Gasteiger partial charge is 0.160 e. The number of nitrogens with zero attached hydrogens (tertiary/aromatic N) is 3. The van der Waals surface area contributed by atoms with Crippen LogP contribution in [0.3, 0.4) is 0 Å². The molecule has 0 N–H and O–H groups in total. The molecule has 4 heteroatoms. The largest absolute Gasteiger partial charge is 0.456 e. The van der Waals surface area contributed by atoms with E-state index in [1.165, 1.54) is 27.4 Å². The molecule has 0 spiro atoms. The number of para-hydroxylation sites is 2. The van der Waals surface area contributed by atoms with Crippen molar-refractivity contribution in [3.63, 3.8) is 0 Å². The zero-order valence-electron chi connectivity index (χ0n) is 31.4. The molecular weight excluding hydrogens is 695 g/mol. The lowest BCUT2D eigenvalue weighted by Crippen LogP contribution is -2.05. The number of hydrogen-bond donors (Lipinski definition) is 0. The maximum atomic E-state index is 6.49. The zero-order chi connectivity index (χ0) is 38.3. The quantitative estimate of drug-likeness (QED) is 0.119. The molecule has 10 rings (SSSR count). The van der Waals surface area contributed by atoms with Crippen LogP contribution in [0.15, 0.2) is 215 Å². The van der Waals surface area contributed by atoms with Crippen LogP contribution in [0.25, 0.3) is 77.4 Å². The van der Waals surface area contributed by atoms with Gasteiger partial charge in [0.1, 0.15) is 11.2 Å². The van der Waals surface area contributed by atoms with Crippen LogP contribution in [-0.4, -0.2) is 16.1 Å². The molecule has 0 aliphatic carbocycles. The minimum absolute atomic E-state index is 0.579. The van der Waals surface area contributed by atoms with Gasteiger partial charge < -0.3 is 8.98 Å². The van der Waals surface area contributed by atoms with Crippen molar-refractivity contribution in [1.82, 2.24) is 4.57 Å². The molecule has 0 saturated carbocycles. The predicted octanol–water partition coefficient (Wildman–Crippen LogP) is 13.9. The predicted molar refractivity (Wildman–Crippen MR) is 240 cm³/mol. The Balaban J connectivity index is 1.09. The van der Waals surface area contributed by atoms with Gasteiger partial charge in [0.05, 0.1) is 16.7 Å². The summed E-state index contributed by atoms with van der Waals surface area (Å²) >= 11 is 0. The Kier molecular flexibility index (Phi) is 8.50. The molecule has 0 aliphatic heterocycles. The second-order valence-corrected chi connectivity index (χ2v) is 14.3. The summed E-state index contributed by atoms with van der Waals surface area (Å²) in [7, 11) is 0. The van der Waals surface area contributed by atoms with E-state index in [4.69, 9.17) is 14.4 Å². The van der Waals surface area contributed by atoms with E-state index in [9.17, 15) is 0 Å². The summed E-state index contributed by atoms with van der Waals surface area (Å²) < 4.78 is 8.84. The van der Waals surface area contributed by atoms with Crippen LogP contribution < -0.4 is 0 Å². The maximum Gasteiger partial charge on any atom is 0.160 e. The van der Waals surface area contributed by atoms with E-state index in [2.05, 4.69) is 145 Å². The topological polar surface area (TPSA) is 42.8 Å². The van der Waals surface area contributed by atoms with Gasteiger partial charge in [0.15, 0.2) is 5.84 Å². The van der Waals surface area contributed by atoms with Crippen LogP contribution in [0.4, 0.5) is 0 Å². The lowest BCUT2D eigenvalue weighted by molar-refractivity contribution is 0.669. The van der Waals surface area contributed by atoms with Gasteiger partial charge in [-0.1, -0.05) is 146 Å². The molecule has 0 fully saturated rings. The first-order valence-corrected chi connectivity index (χ1v) is 19.2. The fourth-order valence-corrected chi connectivity index (χ4v) is 7.95. The standard InChI is InChI=1S/C53H37N3O/c1-35(37-16-6-3-7-17-37)54-53(55-36(2)38-18-8-4-9-19-38)45-25-15-27-51-52(45)47-34-42(29-31-50(47)57-51)40-21-14-20-39(32-40)41-28-30-49-46(33-41)44-24-12-13-26-48(44)56(49)43-22-10-5-11-23-43/h3-34H,1H2,2H3. The molecule has 2 heterocycles. The molecule has 0 aliphatic rings. The first kappa shape index (κ1) is 34.0. The fourth-order valence-electron chi connectivity index (χ4n) is 7.95. The van der Waals surface area contributed by atoms with Gasteiger partial charge in [-0.15, -0.1) is 0 Å². The molecule has 2 aromatic heterocycles. The van der Waals surface area contributed by atoms with Gasteiger partial charge in [-0.25, -0.2) is 9.98 Å². The lowest BCUT2D eigenvalue weighted by Gasteiger charge is -2.10. The van der Waals surface area contributed by atoms with Gasteiger partial charge in [-0.3, -0.25) is 0 Å². The second kappa shape index (κ2) is 14.3. The van der Waals surface area contributed by atoms with E-state index in [0.717, 1.165) is 66.7 Å². The van der Waals surface area contributed by atoms with E-state index in [1.807, 2.05) is 67.6 Å². The summed E-state index contributed by atoms with van der Waals surface area (Å²) in [6.45, 7) is 6.37. The number of aliphatic imine (C=N–C) groups is 2. The van der Waals surface area contributed by atoms with E-state index >= 15 is 0 Å². The van der Waals surface area contributed by atoms with Gasteiger partial charge in [-0.05, 0) is 94.9 Å². The molecule has 8 aromatic carbocycles. The first-order chi connectivity index (χ1) is 28.1. The normalized spacial score (nSPS) is 12.2. The van der Waals surface area contributed by atoms with Crippen molar-refractivity contribution < 1.29 is 4.42 Å².